The minimum absolute atomic E-state index is 1.01. The molecule has 0 atom stereocenters. The van der Waals surface area contributed by atoms with Crippen LogP contribution in [0.2, 0.25) is 10.8 Å². The van der Waals surface area contributed by atoms with Gasteiger partial charge in [-0.1, -0.05) is 113 Å². The summed E-state index contributed by atoms with van der Waals surface area (Å²) < 4.78 is 1.65. The molecule has 1 aliphatic rings. The molecule has 0 N–H and O–H groups in total. The van der Waals surface area contributed by atoms with Gasteiger partial charge in [0.05, 0.1) is 0 Å². The second kappa shape index (κ2) is 29.3. The summed E-state index contributed by atoms with van der Waals surface area (Å²) >= 11 is 1.82. The van der Waals surface area contributed by atoms with Crippen molar-refractivity contribution in [1.29, 1.82) is 0 Å². The fraction of sp³-hybridized carbons (Fsp3) is 0.692. The molecule has 3 rings (SSSR count). The van der Waals surface area contributed by atoms with E-state index >= 15 is 0 Å². The van der Waals surface area contributed by atoms with Gasteiger partial charge >= 0.3 is 39.1 Å². The number of hydrogen-bond donors (Lipinski definition) is 0. The third kappa shape index (κ3) is 15.7. The van der Waals surface area contributed by atoms with E-state index in [9.17, 15) is 5.53 Å². The van der Waals surface area contributed by atoms with Gasteiger partial charge in [-0.2, -0.15) is 0 Å². The molecular formula is C52H86N2Ni. The van der Waals surface area contributed by atoms with E-state index in [1.165, 1.54) is 153 Å². The Morgan fingerprint density at radius 2 is 0.745 bits per heavy atom. The van der Waals surface area contributed by atoms with E-state index in [-0.39, 0.29) is 0 Å². The fourth-order valence-electron chi connectivity index (χ4n) is 8.35. The summed E-state index contributed by atoms with van der Waals surface area (Å²) in [5.74, 6) is 0. The van der Waals surface area contributed by atoms with Crippen molar-refractivity contribution >= 4 is 11.4 Å². The first-order chi connectivity index (χ1) is 26.8. The Bertz CT molecular complexity index is 1400. The Balaban J connectivity index is 0.00000196. The molecular weight excluding hydrogens is 711 g/mol. The summed E-state index contributed by atoms with van der Waals surface area (Å²) in [4.78, 5) is 0. The molecule has 0 saturated carbocycles. The maximum absolute atomic E-state index is 12.5. The Morgan fingerprint density at radius 1 is 0.418 bits per heavy atom. The normalized spacial score (nSPS) is 13.0. The average Bonchev–Trinajstić information content (AvgIpc) is 3.43. The van der Waals surface area contributed by atoms with Crippen LogP contribution in [0, 0.1) is 0 Å². The molecule has 0 aromatic heterocycles. The number of benzene rings is 2. The molecule has 0 bridgehead atoms. The van der Waals surface area contributed by atoms with Gasteiger partial charge in [0, 0.05) is 22.3 Å². The molecule has 0 aliphatic carbocycles. The van der Waals surface area contributed by atoms with Gasteiger partial charge in [-0.25, -0.2) is 4.70 Å². The standard InChI is InChI=1S/C48H76N2.2C2H5.Ni/c1-9-16-23-28-40-33-42(34-41(29-24-17-10-2)46(40)32-25-18-11-3)47-37(8)44(30-21-14-6)48(50(47)49)43-35-38(26-19-12-4)45(31-22-15-7)39(36-43)27-20-13-5;2*1-2;/h33-36H,9-32H2,1-8H3;2*1H2,2H3;. The van der Waals surface area contributed by atoms with Crippen molar-refractivity contribution in [3.8, 4) is 0 Å². The predicted octanol–water partition coefficient (Wildman–Crippen LogP) is 17.2. The van der Waals surface area contributed by atoms with Crippen LogP contribution in [0.5, 0.6) is 0 Å². The molecule has 0 radical (unpaired) electrons. The summed E-state index contributed by atoms with van der Waals surface area (Å²) in [6.07, 6.45) is 28.9. The molecule has 0 amide bonds. The Kier molecular flexibility index (Phi) is 26.2. The second-order valence-corrected chi connectivity index (χ2v) is 17.9. The SMILES string of the molecule is CCCCCc1cc(C2=C(C)C(CCCC)=C(c3cc(CCCC)c(CCCC)c(CCCC)c3)[N+]2=[N-])cc(CCCCC)c1CCCCC.C[CH2][Ni][CH2]C. The zero-order chi connectivity index (χ0) is 40.4. The number of nitrogens with zero attached hydrogens (tertiary/aromatic N) is 2. The van der Waals surface area contributed by atoms with Crippen molar-refractivity contribution in [3.05, 3.63) is 85.5 Å². The summed E-state index contributed by atoms with van der Waals surface area (Å²) in [6.45, 7) is 22.8. The molecule has 2 nitrogen and oxygen atoms in total. The predicted molar refractivity (Wildman–Crippen MR) is 242 cm³/mol. The number of rotatable bonds is 28. The van der Waals surface area contributed by atoms with Crippen molar-refractivity contribution in [2.45, 2.75) is 234 Å². The van der Waals surface area contributed by atoms with Crippen LogP contribution in [0.1, 0.15) is 229 Å². The molecule has 0 unspecified atom stereocenters. The molecule has 1 aliphatic heterocycles. The van der Waals surface area contributed by atoms with Crippen molar-refractivity contribution in [2.24, 2.45) is 0 Å². The monoisotopic (exact) mass is 797 g/mol. The Morgan fingerprint density at radius 3 is 1.13 bits per heavy atom. The Labute approximate surface area is 348 Å². The van der Waals surface area contributed by atoms with Crippen LogP contribution in [-0.2, 0) is 53.0 Å². The topological polar surface area (TPSA) is 25.3 Å². The van der Waals surface area contributed by atoms with E-state index in [1.807, 2.05) is 14.4 Å². The van der Waals surface area contributed by atoms with Crippen molar-refractivity contribution in [1.82, 2.24) is 0 Å². The van der Waals surface area contributed by atoms with Crippen LogP contribution in [0.25, 0.3) is 16.9 Å². The van der Waals surface area contributed by atoms with Gasteiger partial charge in [0.1, 0.15) is 0 Å². The third-order valence-corrected chi connectivity index (χ3v) is 12.5. The van der Waals surface area contributed by atoms with Gasteiger partial charge in [-0.05, 0) is 154 Å². The molecule has 3 heteroatoms. The first kappa shape index (κ1) is 49.2. The van der Waals surface area contributed by atoms with E-state index in [0.29, 0.717) is 0 Å². The molecule has 0 fully saturated rings. The van der Waals surface area contributed by atoms with Gasteiger partial charge in [0.2, 0.25) is 11.4 Å². The summed E-state index contributed by atoms with van der Waals surface area (Å²) in [6, 6.07) is 9.96. The van der Waals surface area contributed by atoms with Crippen LogP contribution in [0.15, 0.2) is 35.4 Å². The second-order valence-electron chi connectivity index (χ2n) is 16.0. The van der Waals surface area contributed by atoms with Crippen LogP contribution < -0.4 is 0 Å². The third-order valence-electron chi connectivity index (χ3n) is 11.5. The molecule has 0 spiro atoms. The van der Waals surface area contributed by atoms with Crippen LogP contribution in [0.3, 0.4) is 0 Å². The first-order valence-electron chi connectivity index (χ1n) is 23.5. The molecule has 2 aromatic carbocycles. The first-order valence-corrected chi connectivity index (χ1v) is 24.9. The summed E-state index contributed by atoms with van der Waals surface area (Å²) in [5.41, 5.74) is 29.0. The van der Waals surface area contributed by atoms with Crippen molar-refractivity contribution in [3.63, 3.8) is 0 Å². The zero-order valence-corrected chi connectivity index (χ0v) is 38.9. The Hall–Kier alpha value is -1.99. The van der Waals surface area contributed by atoms with Crippen LogP contribution >= 0.6 is 0 Å². The van der Waals surface area contributed by atoms with Gasteiger partial charge in [0.15, 0.2) is 0 Å². The molecule has 2 aromatic rings. The van der Waals surface area contributed by atoms with Crippen LogP contribution in [-0.4, -0.2) is 4.70 Å². The van der Waals surface area contributed by atoms with E-state index in [1.54, 1.807) is 27.0 Å². The van der Waals surface area contributed by atoms with Crippen molar-refractivity contribution in [2.75, 3.05) is 0 Å². The minimum atomic E-state index is 1.01. The average molecular weight is 798 g/mol. The number of unbranched alkanes of at least 4 members (excludes halogenated alkanes) is 10. The zero-order valence-electron chi connectivity index (χ0n) is 37.9. The van der Waals surface area contributed by atoms with Gasteiger partial charge in [-0.15, -0.1) is 0 Å². The molecule has 314 valence electrons. The fourth-order valence-corrected chi connectivity index (χ4v) is 8.84. The maximum atomic E-state index is 12.5. The van der Waals surface area contributed by atoms with E-state index in [2.05, 4.69) is 93.5 Å². The van der Waals surface area contributed by atoms with E-state index in [0.717, 1.165) is 56.3 Å². The van der Waals surface area contributed by atoms with Crippen LogP contribution in [0.4, 0.5) is 0 Å². The van der Waals surface area contributed by atoms with Gasteiger partial charge < -0.3 is 5.53 Å². The van der Waals surface area contributed by atoms with E-state index in [4.69, 9.17) is 0 Å². The quantitative estimate of drug-likeness (QED) is 0.0466. The van der Waals surface area contributed by atoms with Gasteiger partial charge in [-0.3, -0.25) is 0 Å². The van der Waals surface area contributed by atoms with Gasteiger partial charge in [0.25, 0.3) is 0 Å². The number of hydrogen-bond acceptors (Lipinski definition) is 0. The molecule has 55 heavy (non-hydrogen) atoms. The van der Waals surface area contributed by atoms with E-state index < -0.39 is 0 Å². The number of aryl methyl sites for hydroxylation is 4. The number of allylic oxidation sites excluding steroid dienone is 2. The summed E-state index contributed by atoms with van der Waals surface area (Å²) in [5, 5.41) is 2.56. The molecule has 0 saturated heterocycles. The summed E-state index contributed by atoms with van der Waals surface area (Å²) in [7, 11) is 0. The molecule has 1 heterocycles. The van der Waals surface area contributed by atoms with Crippen molar-refractivity contribution < 1.29 is 19.1 Å².